The topological polar surface area (TPSA) is 49.8 Å². The van der Waals surface area contributed by atoms with Crippen LogP contribution in [-0.4, -0.2) is 12.2 Å². The van der Waals surface area contributed by atoms with Gasteiger partial charge in [-0.2, -0.15) is 5.26 Å². The highest BCUT2D eigenvalue weighted by Gasteiger charge is 2.30. The predicted octanol–water partition coefficient (Wildman–Crippen LogP) is 0.975. The van der Waals surface area contributed by atoms with Crippen LogP contribution >= 0.6 is 0 Å². The highest BCUT2D eigenvalue weighted by atomic mass is 19.1. The van der Waals surface area contributed by atoms with E-state index in [1.165, 1.54) is 0 Å². The van der Waals surface area contributed by atoms with E-state index in [-0.39, 0.29) is 6.04 Å². The lowest BCUT2D eigenvalue weighted by atomic mass is 9.85. The Morgan fingerprint density at radius 1 is 1.50 bits per heavy atom. The Labute approximate surface area is 59.8 Å². The lowest BCUT2D eigenvalue weighted by Gasteiger charge is -2.26. The van der Waals surface area contributed by atoms with Crippen LogP contribution in [0.25, 0.3) is 0 Å². The fourth-order valence-electron chi connectivity index (χ4n) is 1.35. The van der Waals surface area contributed by atoms with Crippen molar-refractivity contribution in [1.82, 2.24) is 0 Å². The van der Waals surface area contributed by atoms with Crippen LogP contribution in [0.15, 0.2) is 0 Å². The van der Waals surface area contributed by atoms with Crippen LogP contribution in [0.2, 0.25) is 0 Å². The quantitative estimate of drug-likeness (QED) is 0.548. The van der Waals surface area contributed by atoms with Gasteiger partial charge in [-0.3, -0.25) is 0 Å². The third kappa shape index (κ3) is 1.27. The van der Waals surface area contributed by atoms with Crippen molar-refractivity contribution >= 4 is 0 Å². The molecule has 10 heavy (non-hydrogen) atoms. The van der Waals surface area contributed by atoms with Crippen LogP contribution < -0.4 is 5.73 Å². The second-order valence-electron chi connectivity index (χ2n) is 2.77. The molecule has 0 aliphatic heterocycles. The number of alkyl halides is 1. The second-order valence-corrected chi connectivity index (χ2v) is 2.77. The molecule has 2 N–H and O–H groups in total. The SMILES string of the molecule is N#CC1C(N)CCCC1F. The van der Waals surface area contributed by atoms with E-state index >= 15 is 0 Å². The van der Waals surface area contributed by atoms with Crippen LogP contribution in [0.1, 0.15) is 19.3 Å². The van der Waals surface area contributed by atoms with E-state index in [1.807, 2.05) is 6.07 Å². The molecule has 0 radical (unpaired) electrons. The van der Waals surface area contributed by atoms with E-state index in [0.717, 1.165) is 12.8 Å². The molecule has 0 aromatic rings. The molecule has 1 fully saturated rings. The van der Waals surface area contributed by atoms with Gasteiger partial charge >= 0.3 is 0 Å². The number of hydrogen-bond donors (Lipinski definition) is 1. The molecule has 0 amide bonds. The van der Waals surface area contributed by atoms with E-state index in [9.17, 15) is 4.39 Å². The number of hydrogen-bond acceptors (Lipinski definition) is 2. The van der Waals surface area contributed by atoms with Gasteiger partial charge in [0.2, 0.25) is 0 Å². The summed E-state index contributed by atoms with van der Waals surface area (Å²) in [5, 5.41) is 8.46. The molecule has 3 unspecified atom stereocenters. The van der Waals surface area contributed by atoms with Crippen molar-refractivity contribution in [2.24, 2.45) is 11.7 Å². The molecule has 0 spiro atoms. The van der Waals surface area contributed by atoms with E-state index < -0.39 is 12.1 Å². The molecule has 1 rings (SSSR count). The maximum absolute atomic E-state index is 12.8. The van der Waals surface area contributed by atoms with E-state index in [1.54, 1.807) is 0 Å². The van der Waals surface area contributed by atoms with Crippen molar-refractivity contribution in [1.29, 1.82) is 5.26 Å². The summed E-state index contributed by atoms with van der Waals surface area (Å²) in [6.07, 6.45) is 1.12. The maximum atomic E-state index is 12.8. The van der Waals surface area contributed by atoms with E-state index in [4.69, 9.17) is 11.0 Å². The first kappa shape index (κ1) is 7.49. The molecule has 1 saturated carbocycles. The minimum atomic E-state index is -0.992. The van der Waals surface area contributed by atoms with E-state index in [2.05, 4.69) is 0 Å². The summed E-state index contributed by atoms with van der Waals surface area (Å²) in [6, 6.07) is 1.66. The van der Waals surface area contributed by atoms with Crippen molar-refractivity contribution in [2.75, 3.05) is 0 Å². The van der Waals surface area contributed by atoms with Gasteiger partial charge in [0.15, 0.2) is 0 Å². The van der Waals surface area contributed by atoms with Crippen molar-refractivity contribution in [3.8, 4) is 6.07 Å². The molecular weight excluding hydrogens is 131 g/mol. The fraction of sp³-hybridized carbons (Fsp3) is 0.857. The van der Waals surface area contributed by atoms with Crippen LogP contribution in [-0.2, 0) is 0 Å². The van der Waals surface area contributed by atoms with Crippen LogP contribution in [0.3, 0.4) is 0 Å². The fourth-order valence-corrected chi connectivity index (χ4v) is 1.35. The molecule has 1 aliphatic rings. The van der Waals surface area contributed by atoms with Crippen LogP contribution in [0, 0.1) is 17.2 Å². The van der Waals surface area contributed by atoms with Gasteiger partial charge in [0.25, 0.3) is 0 Å². The number of rotatable bonds is 0. The minimum Gasteiger partial charge on any atom is -0.326 e. The Morgan fingerprint density at radius 2 is 2.20 bits per heavy atom. The first-order chi connectivity index (χ1) is 4.75. The summed E-state index contributed by atoms with van der Waals surface area (Å²) < 4.78 is 12.8. The van der Waals surface area contributed by atoms with Crippen molar-refractivity contribution < 1.29 is 4.39 Å². The lowest BCUT2D eigenvalue weighted by Crippen LogP contribution is -2.38. The van der Waals surface area contributed by atoms with Gasteiger partial charge in [0.05, 0.1) is 12.0 Å². The zero-order chi connectivity index (χ0) is 7.56. The number of nitrogens with two attached hydrogens (primary N) is 1. The standard InChI is InChI=1S/C7H11FN2/c8-6-2-1-3-7(10)5(6)4-9/h5-7H,1-3,10H2. The first-order valence-corrected chi connectivity index (χ1v) is 3.55. The van der Waals surface area contributed by atoms with Gasteiger partial charge in [0, 0.05) is 6.04 Å². The predicted molar refractivity (Wildman–Crippen MR) is 35.8 cm³/mol. The monoisotopic (exact) mass is 142 g/mol. The Kier molecular flexibility index (Phi) is 2.23. The third-order valence-electron chi connectivity index (χ3n) is 2.02. The summed E-state index contributed by atoms with van der Waals surface area (Å²) in [5.74, 6) is -0.561. The van der Waals surface area contributed by atoms with Gasteiger partial charge in [-0.05, 0) is 19.3 Å². The largest absolute Gasteiger partial charge is 0.326 e. The molecule has 3 atom stereocenters. The highest BCUT2D eigenvalue weighted by molar-refractivity contribution is 4.97. The lowest BCUT2D eigenvalue weighted by molar-refractivity contribution is 0.183. The molecule has 56 valence electrons. The molecule has 0 aromatic carbocycles. The minimum absolute atomic E-state index is 0.242. The molecule has 0 saturated heterocycles. The van der Waals surface area contributed by atoms with Crippen molar-refractivity contribution in [2.45, 2.75) is 31.5 Å². The summed E-state index contributed by atoms with van der Waals surface area (Å²) in [5.41, 5.74) is 5.52. The van der Waals surface area contributed by atoms with Gasteiger partial charge in [-0.1, -0.05) is 0 Å². The van der Waals surface area contributed by atoms with E-state index in [0.29, 0.717) is 6.42 Å². The highest BCUT2D eigenvalue weighted by Crippen LogP contribution is 2.25. The summed E-state index contributed by atoms with van der Waals surface area (Å²) in [4.78, 5) is 0. The normalized spacial score (nSPS) is 40.7. The first-order valence-electron chi connectivity index (χ1n) is 3.55. The Bertz CT molecular complexity index is 142. The second kappa shape index (κ2) is 2.98. The number of nitrogens with zero attached hydrogens (tertiary/aromatic N) is 1. The van der Waals surface area contributed by atoms with Gasteiger partial charge in [-0.25, -0.2) is 4.39 Å². The molecule has 0 aromatic heterocycles. The zero-order valence-corrected chi connectivity index (χ0v) is 5.76. The Morgan fingerprint density at radius 3 is 2.60 bits per heavy atom. The molecule has 1 aliphatic carbocycles. The summed E-state index contributed by atoms with van der Waals surface area (Å²) >= 11 is 0. The van der Waals surface area contributed by atoms with Gasteiger partial charge in [-0.15, -0.1) is 0 Å². The Balaban J connectivity index is 2.56. The molecular formula is C7H11FN2. The average Bonchev–Trinajstić information content (AvgIpc) is 1.88. The average molecular weight is 142 g/mol. The van der Waals surface area contributed by atoms with Gasteiger partial charge < -0.3 is 5.73 Å². The Hall–Kier alpha value is -0.620. The van der Waals surface area contributed by atoms with Crippen LogP contribution in [0.5, 0.6) is 0 Å². The van der Waals surface area contributed by atoms with Gasteiger partial charge in [0.1, 0.15) is 6.17 Å². The smallest absolute Gasteiger partial charge is 0.117 e. The van der Waals surface area contributed by atoms with Crippen molar-refractivity contribution in [3.63, 3.8) is 0 Å². The number of nitriles is 1. The zero-order valence-electron chi connectivity index (χ0n) is 5.76. The molecule has 0 heterocycles. The third-order valence-corrected chi connectivity index (χ3v) is 2.02. The molecule has 2 nitrogen and oxygen atoms in total. The van der Waals surface area contributed by atoms with Crippen molar-refractivity contribution in [3.05, 3.63) is 0 Å². The summed E-state index contributed by atoms with van der Waals surface area (Å²) in [7, 11) is 0. The number of halogens is 1. The van der Waals surface area contributed by atoms with Crippen LogP contribution in [0.4, 0.5) is 4.39 Å². The molecule has 0 bridgehead atoms. The summed E-state index contributed by atoms with van der Waals surface area (Å²) in [6.45, 7) is 0. The molecule has 3 heteroatoms. The maximum Gasteiger partial charge on any atom is 0.117 e.